The summed E-state index contributed by atoms with van der Waals surface area (Å²) < 4.78 is 0. The van der Waals surface area contributed by atoms with Crippen molar-refractivity contribution in [3.8, 4) is 0 Å². The number of nitrogens with one attached hydrogen (secondary N) is 1. The van der Waals surface area contributed by atoms with Gasteiger partial charge in [0.25, 0.3) is 5.91 Å². The summed E-state index contributed by atoms with van der Waals surface area (Å²) in [5.41, 5.74) is 2.77. The highest BCUT2D eigenvalue weighted by Gasteiger charge is 2.05. The fourth-order valence-electron chi connectivity index (χ4n) is 2.17. The van der Waals surface area contributed by atoms with Crippen LogP contribution < -0.4 is 5.32 Å². The number of rotatable bonds is 5. The number of amides is 1. The van der Waals surface area contributed by atoms with Crippen molar-refractivity contribution in [2.75, 3.05) is 5.32 Å². The minimum atomic E-state index is -0.0877. The van der Waals surface area contributed by atoms with Crippen molar-refractivity contribution < 1.29 is 4.79 Å². The minimum absolute atomic E-state index is 0.0877. The smallest absolute Gasteiger partial charge is 0.255 e. The van der Waals surface area contributed by atoms with E-state index in [2.05, 4.69) is 29.6 Å². The molecule has 0 unspecified atom stereocenters. The lowest BCUT2D eigenvalue weighted by Crippen LogP contribution is -2.11. The van der Waals surface area contributed by atoms with E-state index < -0.39 is 0 Å². The lowest BCUT2D eigenvalue weighted by Gasteiger charge is -2.07. The number of carbonyl (C=O) groups excluding carboxylic acids is 1. The van der Waals surface area contributed by atoms with Gasteiger partial charge in [0.2, 0.25) is 0 Å². The summed E-state index contributed by atoms with van der Waals surface area (Å²) in [6.45, 7) is 0. The Kier molecular flexibility index (Phi) is 5.12. The first-order valence-corrected chi connectivity index (χ1v) is 8.43. The zero-order valence-corrected chi connectivity index (χ0v) is 13.4. The van der Waals surface area contributed by atoms with Crippen LogP contribution in [0.25, 0.3) is 0 Å². The largest absolute Gasteiger partial charge is 0.322 e. The van der Waals surface area contributed by atoms with Gasteiger partial charge >= 0.3 is 0 Å². The van der Waals surface area contributed by atoms with E-state index in [0.717, 1.165) is 11.4 Å². The topological polar surface area (TPSA) is 29.1 Å². The van der Waals surface area contributed by atoms with Crippen LogP contribution in [0.15, 0.2) is 89.8 Å². The summed E-state index contributed by atoms with van der Waals surface area (Å²) in [5.74, 6) is 0.853. The number of benzene rings is 3. The summed E-state index contributed by atoms with van der Waals surface area (Å²) in [6.07, 6.45) is 0. The Morgan fingerprint density at radius 3 is 2.04 bits per heavy atom. The predicted octanol–water partition coefficient (Wildman–Crippen LogP) is 5.23. The van der Waals surface area contributed by atoms with E-state index in [-0.39, 0.29) is 5.91 Å². The van der Waals surface area contributed by atoms with Crippen LogP contribution in [0.2, 0.25) is 0 Å². The molecule has 3 aromatic carbocycles. The molecular formula is C20H17NOS. The second kappa shape index (κ2) is 7.65. The van der Waals surface area contributed by atoms with Gasteiger partial charge in [0.1, 0.15) is 0 Å². The van der Waals surface area contributed by atoms with Crippen molar-refractivity contribution in [2.24, 2.45) is 0 Å². The highest BCUT2D eigenvalue weighted by atomic mass is 32.2. The highest BCUT2D eigenvalue weighted by molar-refractivity contribution is 7.98. The van der Waals surface area contributed by atoms with Crippen LogP contribution in [-0.4, -0.2) is 5.91 Å². The van der Waals surface area contributed by atoms with Gasteiger partial charge in [-0.15, -0.1) is 11.8 Å². The highest BCUT2D eigenvalue weighted by Crippen LogP contribution is 2.24. The van der Waals surface area contributed by atoms with Crippen molar-refractivity contribution in [3.63, 3.8) is 0 Å². The van der Waals surface area contributed by atoms with Crippen molar-refractivity contribution >= 4 is 23.4 Å². The van der Waals surface area contributed by atoms with Gasteiger partial charge in [-0.3, -0.25) is 4.79 Å². The molecule has 0 aliphatic carbocycles. The Morgan fingerprint density at radius 1 is 0.783 bits per heavy atom. The average Bonchev–Trinajstić information content (AvgIpc) is 2.63. The van der Waals surface area contributed by atoms with Gasteiger partial charge in [-0.2, -0.15) is 0 Å². The quantitative estimate of drug-likeness (QED) is 0.652. The van der Waals surface area contributed by atoms with Crippen molar-refractivity contribution in [1.82, 2.24) is 0 Å². The lowest BCUT2D eigenvalue weighted by atomic mass is 10.2. The first-order chi connectivity index (χ1) is 11.3. The number of thioether (sulfide) groups is 1. The molecule has 23 heavy (non-hydrogen) atoms. The molecule has 0 spiro atoms. The van der Waals surface area contributed by atoms with Gasteiger partial charge in [0, 0.05) is 21.9 Å². The molecule has 0 saturated carbocycles. The summed E-state index contributed by atoms with van der Waals surface area (Å²) in [4.78, 5) is 13.3. The summed E-state index contributed by atoms with van der Waals surface area (Å²) in [5, 5.41) is 2.91. The molecule has 3 heteroatoms. The SMILES string of the molecule is O=C(Nc1ccc(SCc2ccccc2)cc1)c1ccccc1. The van der Waals surface area contributed by atoms with E-state index >= 15 is 0 Å². The first-order valence-electron chi connectivity index (χ1n) is 7.44. The van der Waals surface area contributed by atoms with E-state index in [9.17, 15) is 4.79 Å². The third-order valence-electron chi connectivity index (χ3n) is 3.40. The second-order valence-electron chi connectivity index (χ2n) is 5.12. The molecule has 3 aromatic rings. The van der Waals surface area contributed by atoms with Gasteiger partial charge < -0.3 is 5.32 Å². The van der Waals surface area contributed by atoms with Crippen LogP contribution in [0, 0.1) is 0 Å². The van der Waals surface area contributed by atoms with E-state index in [0.29, 0.717) is 5.56 Å². The molecule has 114 valence electrons. The zero-order valence-electron chi connectivity index (χ0n) is 12.6. The molecule has 0 fully saturated rings. The predicted molar refractivity (Wildman–Crippen MR) is 96.8 cm³/mol. The molecule has 0 bridgehead atoms. The van der Waals surface area contributed by atoms with E-state index in [1.165, 1.54) is 10.5 Å². The lowest BCUT2D eigenvalue weighted by molar-refractivity contribution is 0.102. The third-order valence-corrected chi connectivity index (χ3v) is 4.48. The molecule has 0 heterocycles. The van der Waals surface area contributed by atoms with Gasteiger partial charge in [-0.05, 0) is 42.0 Å². The molecule has 0 aliphatic rings. The third kappa shape index (κ3) is 4.47. The Balaban J connectivity index is 1.58. The van der Waals surface area contributed by atoms with Crippen LogP contribution in [0.5, 0.6) is 0 Å². The number of anilines is 1. The molecule has 0 atom stereocenters. The van der Waals surface area contributed by atoms with E-state index in [1.807, 2.05) is 48.5 Å². The maximum Gasteiger partial charge on any atom is 0.255 e. The summed E-state index contributed by atoms with van der Waals surface area (Å²) in [6, 6.07) is 27.6. The Bertz CT molecular complexity index is 755. The van der Waals surface area contributed by atoms with Gasteiger partial charge in [0.05, 0.1) is 0 Å². The van der Waals surface area contributed by atoms with Gasteiger partial charge in [0.15, 0.2) is 0 Å². The Morgan fingerprint density at radius 2 is 1.39 bits per heavy atom. The van der Waals surface area contributed by atoms with Crippen LogP contribution in [0.4, 0.5) is 5.69 Å². The molecule has 0 saturated heterocycles. The minimum Gasteiger partial charge on any atom is -0.322 e. The normalized spacial score (nSPS) is 10.3. The first kappa shape index (κ1) is 15.4. The molecule has 1 amide bonds. The van der Waals surface area contributed by atoms with Crippen LogP contribution in [-0.2, 0) is 5.75 Å². The molecule has 2 nitrogen and oxygen atoms in total. The van der Waals surface area contributed by atoms with E-state index in [4.69, 9.17) is 0 Å². The van der Waals surface area contributed by atoms with Crippen LogP contribution in [0.3, 0.4) is 0 Å². The van der Waals surface area contributed by atoms with Gasteiger partial charge in [-0.25, -0.2) is 0 Å². The summed E-state index contributed by atoms with van der Waals surface area (Å²) >= 11 is 1.78. The Labute approximate surface area is 140 Å². The van der Waals surface area contributed by atoms with Crippen molar-refractivity contribution in [2.45, 2.75) is 10.6 Å². The van der Waals surface area contributed by atoms with E-state index in [1.54, 1.807) is 23.9 Å². The number of hydrogen-bond donors (Lipinski definition) is 1. The van der Waals surface area contributed by atoms with Gasteiger partial charge in [-0.1, -0.05) is 48.5 Å². The van der Waals surface area contributed by atoms with Crippen molar-refractivity contribution in [1.29, 1.82) is 0 Å². The fraction of sp³-hybridized carbons (Fsp3) is 0.0500. The monoisotopic (exact) mass is 319 g/mol. The molecule has 0 aromatic heterocycles. The Hall–Kier alpha value is -2.52. The average molecular weight is 319 g/mol. The van der Waals surface area contributed by atoms with Crippen molar-refractivity contribution in [3.05, 3.63) is 96.1 Å². The molecule has 0 radical (unpaired) electrons. The molecular weight excluding hydrogens is 302 g/mol. The fourth-order valence-corrected chi connectivity index (χ4v) is 3.02. The second-order valence-corrected chi connectivity index (χ2v) is 6.17. The van der Waals surface area contributed by atoms with Crippen LogP contribution >= 0.6 is 11.8 Å². The maximum atomic E-state index is 12.1. The summed E-state index contributed by atoms with van der Waals surface area (Å²) in [7, 11) is 0. The number of carbonyl (C=O) groups is 1. The molecule has 0 aliphatic heterocycles. The van der Waals surface area contributed by atoms with Crippen LogP contribution in [0.1, 0.15) is 15.9 Å². The number of hydrogen-bond acceptors (Lipinski definition) is 2. The maximum absolute atomic E-state index is 12.1. The molecule has 3 rings (SSSR count). The zero-order chi connectivity index (χ0) is 15.9. The molecule has 1 N–H and O–H groups in total. The standard InChI is InChI=1S/C20H17NOS/c22-20(17-9-5-2-6-10-17)21-18-11-13-19(14-12-18)23-15-16-7-3-1-4-8-16/h1-14H,15H2,(H,21,22).